The molecule has 0 saturated carbocycles. The van der Waals surface area contributed by atoms with E-state index < -0.39 is 0 Å². The van der Waals surface area contributed by atoms with Gasteiger partial charge in [-0.05, 0) is 36.4 Å². The monoisotopic (exact) mass is 372 g/mol. The van der Waals surface area contributed by atoms with Crippen molar-refractivity contribution < 1.29 is 0 Å². The Kier molecular flexibility index (Phi) is 6.42. The van der Waals surface area contributed by atoms with E-state index in [9.17, 15) is 0 Å². The number of benzene rings is 1. The van der Waals surface area contributed by atoms with Gasteiger partial charge < -0.3 is 10.2 Å². The molecule has 0 aliphatic rings. The van der Waals surface area contributed by atoms with Gasteiger partial charge in [-0.2, -0.15) is 0 Å². The summed E-state index contributed by atoms with van der Waals surface area (Å²) in [4.78, 5) is 12.7. The van der Waals surface area contributed by atoms with Crippen molar-refractivity contribution in [3.8, 4) is 0 Å². The third-order valence-corrected chi connectivity index (χ3v) is 6.07. The maximum atomic E-state index is 4.69. The van der Waals surface area contributed by atoms with Crippen LogP contribution in [0.4, 0.5) is 0 Å². The van der Waals surface area contributed by atoms with Gasteiger partial charge in [-0.1, -0.05) is 18.2 Å². The van der Waals surface area contributed by atoms with Gasteiger partial charge in [-0.3, -0.25) is 4.99 Å². The van der Waals surface area contributed by atoms with Crippen LogP contribution in [0.25, 0.3) is 10.2 Å². The van der Waals surface area contributed by atoms with Crippen LogP contribution in [0.5, 0.6) is 0 Å². The lowest BCUT2D eigenvalue weighted by Gasteiger charge is -2.21. The highest BCUT2D eigenvalue weighted by molar-refractivity contribution is 7.18. The van der Waals surface area contributed by atoms with E-state index in [-0.39, 0.29) is 0 Å². The molecular weight excluding hydrogens is 348 g/mol. The van der Waals surface area contributed by atoms with E-state index in [1.807, 2.05) is 24.5 Å². The summed E-state index contributed by atoms with van der Waals surface area (Å²) in [7, 11) is 3.94. The number of likely N-dealkylation sites (N-methyl/N-ethyl adjacent to an activating group) is 1. The zero-order valence-electron chi connectivity index (χ0n) is 14.7. The van der Waals surface area contributed by atoms with Crippen LogP contribution >= 0.6 is 22.7 Å². The molecule has 0 fully saturated rings. The van der Waals surface area contributed by atoms with Crippen molar-refractivity contribution in [1.82, 2.24) is 15.2 Å². The summed E-state index contributed by atoms with van der Waals surface area (Å²) >= 11 is 3.61. The van der Waals surface area contributed by atoms with Crippen LogP contribution in [-0.2, 0) is 12.8 Å². The predicted octanol–water partition coefficient (Wildman–Crippen LogP) is 4.04. The standard InChI is InChI=1S/C19H24N4S2/c1-20-19(23(2)13-11-15-7-6-14-24-15)21-12-5-10-18-22-16-8-3-4-9-17(16)25-18/h3-4,6-9,14H,5,10-13H2,1-2H3,(H,20,21). The second-order valence-electron chi connectivity index (χ2n) is 5.90. The van der Waals surface area contributed by atoms with Crippen LogP contribution < -0.4 is 5.32 Å². The average Bonchev–Trinajstić information content (AvgIpc) is 3.28. The fourth-order valence-corrected chi connectivity index (χ4v) is 4.40. The molecule has 4 nitrogen and oxygen atoms in total. The van der Waals surface area contributed by atoms with Gasteiger partial charge >= 0.3 is 0 Å². The normalized spacial score (nSPS) is 11.8. The van der Waals surface area contributed by atoms with Gasteiger partial charge in [-0.15, -0.1) is 22.7 Å². The molecule has 0 unspecified atom stereocenters. The molecule has 1 N–H and O–H groups in total. The number of guanidine groups is 1. The van der Waals surface area contributed by atoms with Crippen molar-refractivity contribution in [1.29, 1.82) is 0 Å². The molecule has 0 aliphatic heterocycles. The highest BCUT2D eigenvalue weighted by atomic mass is 32.1. The van der Waals surface area contributed by atoms with E-state index in [0.717, 1.165) is 43.8 Å². The molecule has 2 heterocycles. The third kappa shape index (κ3) is 5.03. The fraction of sp³-hybridized carbons (Fsp3) is 0.368. The van der Waals surface area contributed by atoms with Gasteiger partial charge in [0.25, 0.3) is 0 Å². The van der Waals surface area contributed by atoms with Crippen LogP contribution in [0.3, 0.4) is 0 Å². The molecule has 6 heteroatoms. The Morgan fingerprint density at radius 2 is 2.08 bits per heavy atom. The first-order valence-corrected chi connectivity index (χ1v) is 10.2. The highest BCUT2D eigenvalue weighted by Gasteiger charge is 2.07. The van der Waals surface area contributed by atoms with Crippen LogP contribution in [0.1, 0.15) is 16.3 Å². The van der Waals surface area contributed by atoms with Crippen molar-refractivity contribution >= 4 is 38.8 Å². The molecule has 0 radical (unpaired) electrons. The lowest BCUT2D eigenvalue weighted by atomic mass is 10.3. The minimum absolute atomic E-state index is 0.909. The van der Waals surface area contributed by atoms with Crippen LogP contribution in [-0.4, -0.2) is 43.0 Å². The maximum Gasteiger partial charge on any atom is 0.193 e. The second-order valence-corrected chi connectivity index (χ2v) is 8.05. The molecule has 3 rings (SSSR count). The van der Waals surface area contributed by atoms with Gasteiger partial charge in [0, 0.05) is 38.5 Å². The number of aryl methyl sites for hydroxylation is 1. The number of nitrogens with zero attached hydrogens (tertiary/aromatic N) is 3. The van der Waals surface area contributed by atoms with Gasteiger partial charge in [0.05, 0.1) is 15.2 Å². The number of hydrogen-bond acceptors (Lipinski definition) is 4. The molecule has 3 aromatic rings. The third-order valence-electron chi connectivity index (χ3n) is 4.04. The van der Waals surface area contributed by atoms with E-state index in [1.165, 1.54) is 14.6 Å². The first-order valence-electron chi connectivity index (χ1n) is 8.55. The lowest BCUT2D eigenvalue weighted by molar-refractivity contribution is 0.485. The van der Waals surface area contributed by atoms with Crippen molar-refractivity contribution in [3.05, 3.63) is 51.7 Å². The smallest absolute Gasteiger partial charge is 0.193 e. The number of thiazole rings is 1. The van der Waals surface area contributed by atoms with Crippen molar-refractivity contribution in [2.75, 3.05) is 27.2 Å². The molecule has 132 valence electrons. The quantitative estimate of drug-likeness (QED) is 0.387. The summed E-state index contributed by atoms with van der Waals surface area (Å²) in [6.45, 7) is 1.88. The topological polar surface area (TPSA) is 40.5 Å². The molecule has 0 atom stereocenters. The van der Waals surface area contributed by atoms with E-state index in [2.05, 4.69) is 58.0 Å². The minimum atomic E-state index is 0.909. The number of fused-ring (bicyclic) bond motifs is 1. The molecule has 0 amide bonds. The van der Waals surface area contributed by atoms with Crippen LogP contribution in [0.15, 0.2) is 46.8 Å². The highest BCUT2D eigenvalue weighted by Crippen LogP contribution is 2.22. The number of nitrogens with one attached hydrogen (secondary N) is 1. The number of aromatic nitrogens is 1. The number of rotatable bonds is 7. The summed E-state index contributed by atoms with van der Waals surface area (Å²) in [5.41, 5.74) is 1.11. The molecule has 2 aromatic heterocycles. The minimum Gasteiger partial charge on any atom is -0.356 e. The summed E-state index contributed by atoms with van der Waals surface area (Å²) in [5, 5.41) is 6.80. The summed E-state index contributed by atoms with van der Waals surface area (Å²) in [6.07, 6.45) is 3.11. The zero-order chi connectivity index (χ0) is 17.5. The van der Waals surface area contributed by atoms with Crippen molar-refractivity contribution in [2.24, 2.45) is 4.99 Å². The number of thiophene rings is 1. The van der Waals surface area contributed by atoms with Gasteiger partial charge in [0.2, 0.25) is 0 Å². The Morgan fingerprint density at radius 1 is 1.20 bits per heavy atom. The Morgan fingerprint density at radius 3 is 2.84 bits per heavy atom. The maximum absolute atomic E-state index is 4.69. The molecule has 1 aromatic carbocycles. The lowest BCUT2D eigenvalue weighted by Crippen LogP contribution is -2.40. The largest absolute Gasteiger partial charge is 0.356 e. The van der Waals surface area contributed by atoms with Crippen molar-refractivity contribution in [3.63, 3.8) is 0 Å². The first kappa shape index (κ1) is 17.9. The molecule has 0 spiro atoms. The second kappa shape index (κ2) is 8.97. The van der Waals surface area contributed by atoms with E-state index in [4.69, 9.17) is 4.98 Å². The van der Waals surface area contributed by atoms with E-state index in [1.54, 1.807) is 11.3 Å². The summed E-state index contributed by atoms with van der Waals surface area (Å²) in [5.74, 6) is 0.959. The average molecular weight is 373 g/mol. The zero-order valence-corrected chi connectivity index (χ0v) is 16.4. The van der Waals surface area contributed by atoms with Gasteiger partial charge in [0.1, 0.15) is 0 Å². The Bertz CT molecular complexity index is 775. The number of para-hydroxylation sites is 1. The van der Waals surface area contributed by atoms with Crippen molar-refractivity contribution in [2.45, 2.75) is 19.3 Å². The molecule has 0 saturated heterocycles. The van der Waals surface area contributed by atoms with Crippen LogP contribution in [0, 0.1) is 0 Å². The van der Waals surface area contributed by atoms with E-state index >= 15 is 0 Å². The Balaban J connectivity index is 1.41. The summed E-state index contributed by atoms with van der Waals surface area (Å²) < 4.78 is 1.27. The van der Waals surface area contributed by atoms with Gasteiger partial charge in [0.15, 0.2) is 5.96 Å². The Hall–Kier alpha value is -1.92. The van der Waals surface area contributed by atoms with E-state index in [0.29, 0.717) is 0 Å². The molecule has 0 bridgehead atoms. The van der Waals surface area contributed by atoms with Gasteiger partial charge in [-0.25, -0.2) is 4.98 Å². The summed E-state index contributed by atoms with van der Waals surface area (Å²) in [6, 6.07) is 12.6. The number of hydrogen-bond donors (Lipinski definition) is 1. The Labute approximate surface area is 157 Å². The SMILES string of the molecule is CN=C(NCCCc1nc2ccccc2s1)N(C)CCc1cccs1. The molecule has 0 aliphatic carbocycles. The fourth-order valence-electron chi connectivity index (χ4n) is 2.69. The van der Waals surface area contributed by atoms with Crippen LogP contribution in [0.2, 0.25) is 0 Å². The first-order chi connectivity index (χ1) is 12.3. The number of aliphatic imine (C=N–C) groups is 1. The predicted molar refractivity (Wildman–Crippen MR) is 110 cm³/mol. The molecule has 25 heavy (non-hydrogen) atoms. The molecular formula is C19H24N4S2.